The van der Waals surface area contributed by atoms with Crippen molar-refractivity contribution in [3.05, 3.63) is 28.6 Å². The standard InChI is InChI=1S/C11H11BrS2/c1-2-7-3-4-9-8(5-7)11(13)10(6-12)14-9/h3-5,13H,2,6H2,1H3. The summed E-state index contributed by atoms with van der Waals surface area (Å²) in [4.78, 5) is 2.45. The molecule has 0 spiro atoms. The Morgan fingerprint density at radius 2 is 2.21 bits per heavy atom. The Morgan fingerprint density at radius 3 is 2.86 bits per heavy atom. The van der Waals surface area contributed by atoms with Crippen molar-refractivity contribution in [1.82, 2.24) is 0 Å². The molecule has 0 saturated carbocycles. The molecule has 74 valence electrons. The summed E-state index contributed by atoms with van der Waals surface area (Å²) in [5.74, 6) is 0. The molecule has 0 unspecified atom stereocenters. The van der Waals surface area contributed by atoms with Crippen LogP contribution >= 0.6 is 39.9 Å². The molecule has 2 aromatic rings. The number of alkyl halides is 1. The van der Waals surface area contributed by atoms with Crippen LogP contribution in [-0.4, -0.2) is 0 Å². The molecule has 0 bridgehead atoms. The SMILES string of the molecule is CCc1ccc2sc(CBr)c(S)c2c1. The van der Waals surface area contributed by atoms with E-state index < -0.39 is 0 Å². The van der Waals surface area contributed by atoms with E-state index in [-0.39, 0.29) is 0 Å². The van der Waals surface area contributed by atoms with Crippen molar-refractivity contribution in [2.45, 2.75) is 23.6 Å². The molecule has 0 aliphatic carbocycles. The van der Waals surface area contributed by atoms with E-state index in [2.05, 4.69) is 53.7 Å². The molecule has 1 aromatic heterocycles. The predicted octanol–water partition coefficient (Wildman–Crippen LogP) is 4.65. The van der Waals surface area contributed by atoms with Crippen molar-refractivity contribution >= 4 is 50.0 Å². The van der Waals surface area contributed by atoms with Crippen molar-refractivity contribution in [1.29, 1.82) is 0 Å². The van der Waals surface area contributed by atoms with Crippen LogP contribution in [0.1, 0.15) is 17.4 Å². The predicted molar refractivity (Wildman–Crippen MR) is 71.1 cm³/mol. The fourth-order valence-electron chi connectivity index (χ4n) is 1.49. The number of thiol groups is 1. The monoisotopic (exact) mass is 286 g/mol. The van der Waals surface area contributed by atoms with Crippen LogP contribution in [0.25, 0.3) is 10.1 Å². The van der Waals surface area contributed by atoms with Crippen molar-refractivity contribution in [3.8, 4) is 0 Å². The molecule has 0 amide bonds. The zero-order valence-corrected chi connectivity index (χ0v) is 11.2. The van der Waals surface area contributed by atoms with Crippen LogP contribution in [0.5, 0.6) is 0 Å². The van der Waals surface area contributed by atoms with Gasteiger partial charge in [-0.1, -0.05) is 28.9 Å². The highest BCUT2D eigenvalue weighted by Gasteiger charge is 2.07. The highest BCUT2D eigenvalue weighted by atomic mass is 79.9. The van der Waals surface area contributed by atoms with E-state index >= 15 is 0 Å². The van der Waals surface area contributed by atoms with Gasteiger partial charge in [0.15, 0.2) is 0 Å². The summed E-state index contributed by atoms with van der Waals surface area (Å²) in [7, 11) is 0. The molecule has 0 saturated heterocycles. The van der Waals surface area contributed by atoms with Gasteiger partial charge in [-0.15, -0.1) is 24.0 Å². The smallest absolute Gasteiger partial charge is 0.0388 e. The van der Waals surface area contributed by atoms with E-state index in [1.807, 2.05) is 11.3 Å². The molecule has 0 aliphatic rings. The van der Waals surface area contributed by atoms with Crippen LogP contribution in [0.4, 0.5) is 0 Å². The van der Waals surface area contributed by atoms with E-state index in [1.165, 1.54) is 20.5 Å². The first-order valence-corrected chi connectivity index (χ1v) is 6.94. The molecule has 0 radical (unpaired) electrons. The number of hydrogen-bond donors (Lipinski definition) is 1. The molecule has 1 heterocycles. The molecule has 1 aromatic carbocycles. The lowest BCUT2D eigenvalue weighted by Gasteiger charge is -1.96. The summed E-state index contributed by atoms with van der Waals surface area (Å²) in [6.45, 7) is 2.18. The first-order chi connectivity index (χ1) is 6.76. The van der Waals surface area contributed by atoms with Crippen LogP contribution in [0.2, 0.25) is 0 Å². The van der Waals surface area contributed by atoms with Gasteiger partial charge in [0.1, 0.15) is 0 Å². The lowest BCUT2D eigenvalue weighted by Crippen LogP contribution is -1.77. The first kappa shape index (κ1) is 10.5. The second-order valence-electron chi connectivity index (χ2n) is 3.19. The van der Waals surface area contributed by atoms with E-state index in [4.69, 9.17) is 0 Å². The van der Waals surface area contributed by atoms with Gasteiger partial charge in [-0.2, -0.15) is 0 Å². The minimum absolute atomic E-state index is 0.895. The second kappa shape index (κ2) is 4.25. The largest absolute Gasteiger partial charge is 0.142 e. The first-order valence-electron chi connectivity index (χ1n) is 4.55. The van der Waals surface area contributed by atoms with Gasteiger partial charge < -0.3 is 0 Å². The molecule has 0 aliphatic heterocycles. The Balaban J connectivity index is 2.68. The Morgan fingerprint density at radius 1 is 1.43 bits per heavy atom. The van der Waals surface area contributed by atoms with Crippen molar-refractivity contribution in [3.63, 3.8) is 0 Å². The van der Waals surface area contributed by atoms with Gasteiger partial charge >= 0.3 is 0 Å². The average Bonchev–Trinajstić information content (AvgIpc) is 2.55. The minimum atomic E-state index is 0.895. The lowest BCUT2D eigenvalue weighted by molar-refractivity contribution is 1.15. The number of hydrogen-bond acceptors (Lipinski definition) is 2. The Labute approximate surface area is 102 Å². The van der Waals surface area contributed by atoms with Gasteiger partial charge in [-0.05, 0) is 24.1 Å². The lowest BCUT2D eigenvalue weighted by atomic mass is 10.1. The van der Waals surface area contributed by atoms with Crippen LogP contribution in [0.3, 0.4) is 0 Å². The quantitative estimate of drug-likeness (QED) is 0.603. The number of fused-ring (bicyclic) bond motifs is 1. The third-order valence-electron chi connectivity index (χ3n) is 2.33. The van der Waals surface area contributed by atoms with Crippen LogP contribution < -0.4 is 0 Å². The van der Waals surface area contributed by atoms with Gasteiger partial charge in [-0.25, -0.2) is 0 Å². The van der Waals surface area contributed by atoms with Gasteiger partial charge in [0.25, 0.3) is 0 Å². The van der Waals surface area contributed by atoms with E-state index in [1.54, 1.807) is 0 Å². The summed E-state index contributed by atoms with van der Waals surface area (Å²) < 4.78 is 1.33. The zero-order valence-electron chi connectivity index (χ0n) is 7.88. The summed E-state index contributed by atoms with van der Waals surface area (Å²) in [6, 6.07) is 6.65. The number of benzene rings is 1. The zero-order chi connectivity index (χ0) is 10.1. The van der Waals surface area contributed by atoms with E-state index in [0.29, 0.717) is 0 Å². The third kappa shape index (κ3) is 1.73. The number of aryl methyl sites for hydroxylation is 1. The number of thiophene rings is 1. The molecule has 0 atom stereocenters. The van der Waals surface area contributed by atoms with E-state index in [9.17, 15) is 0 Å². The Bertz CT molecular complexity index is 460. The summed E-state index contributed by atoms with van der Waals surface area (Å²) in [6.07, 6.45) is 1.09. The van der Waals surface area contributed by atoms with Crippen LogP contribution in [0, 0.1) is 0 Å². The maximum absolute atomic E-state index is 4.56. The third-order valence-corrected chi connectivity index (χ3v) is 5.09. The average molecular weight is 287 g/mol. The number of rotatable bonds is 2. The van der Waals surface area contributed by atoms with E-state index in [0.717, 1.165) is 16.6 Å². The fraction of sp³-hybridized carbons (Fsp3) is 0.273. The summed E-state index contributed by atoms with van der Waals surface area (Å²) in [5.41, 5.74) is 1.38. The van der Waals surface area contributed by atoms with Crippen molar-refractivity contribution in [2.75, 3.05) is 0 Å². The number of halogens is 1. The molecule has 2 rings (SSSR count). The summed E-state index contributed by atoms with van der Waals surface area (Å²) >= 11 is 9.86. The highest BCUT2D eigenvalue weighted by molar-refractivity contribution is 9.08. The molecule has 0 nitrogen and oxygen atoms in total. The highest BCUT2D eigenvalue weighted by Crippen LogP contribution is 2.35. The van der Waals surface area contributed by atoms with Crippen LogP contribution in [0.15, 0.2) is 23.1 Å². The molecular weight excluding hydrogens is 276 g/mol. The molecule has 0 N–H and O–H groups in total. The minimum Gasteiger partial charge on any atom is -0.142 e. The molecular formula is C11H11BrS2. The normalized spacial score (nSPS) is 11.1. The topological polar surface area (TPSA) is 0 Å². The van der Waals surface area contributed by atoms with Crippen LogP contribution in [-0.2, 0) is 11.8 Å². The molecule has 3 heteroatoms. The van der Waals surface area contributed by atoms with Gasteiger partial charge in [0, 0.05) is 25.2 Å². The molecule has 14 heavy (non-hydrogen) atoms. The van der Waals surface area contributed by atoms with Crippen molar-refractivity contribution in [2.24, 2.45) is 0 Å². The summed E-state index contributed by atoms with van der Waals surface area (Å²) in [5, 5.41) is 2.19. The second-order valence-corrected chi connectivity index (χ2v) is 5.34. The maximum Gasteiger partial charge on any atom is 0.0388 e. The molecule has 0 fully saturated rings. The van der Waals surface area contributed by atoms with Crippen molar-refractivity contribution < 1.29 is 0 Å². The fourth-order valence-corrected chi connectivity index (χ4v) is 3.74. The van der Waals surface area contributed by atoms with Gasteiger partial charge in [0.05, 0.1) is 0 Å². The van der Waals surface area contributed by atoms with Gasteiger partial charge in [-0.3, -0.25) is 0 Å². The Hall–Kier alpha value is 0.01000. The van der Waals surface area contributed by atoms with Gasteiger partial charge in [0.2, 0.25) is 0 Å². The Kier molecular flexibility index (Phi) is 3.20. The maximum atomic E-state index is 4.56.